The molecule has 2 fully saturated rings. The maximum atomic E-state index is 10.2. The van der Waals surface area contributed by atoms with Gasteiger partial charge < -0.3 is 15.3 Å². The molecule has 90 valence electrons. The summed E-state index contributed by atoms with van der Waals surface area (Å²) in [6.07, 6.45) is 6.92. The van der Waals surface area contributed by atoms with Gasteiger partial charge in [0.2, 0.25) is 0 Å². The summed E-state index contributed by atoms with van der Waals surface area (Å²) < 4.78 is 0. The third-order valence-electron chi connectivity index (χ3n) is 3.34. The van der Waals surface area contributed by atoms with Crippen molar-refractivity contribution in [2.24, 2.45) is 5.92 Å². The summed E-state index contributed by atoms with van der Waals surface area (Å²) in [5.41, 5.74) is 0. The van der Waals surface area contributed by atoms with E-state index in [1.54, 1.807) is 6.08 Å². The number of aliphatic carboxylic acids is 1. The van der Waals surface area contributed by atoms with Gasteiger partial charge in [-0.3, -0.25) is 0 Å². The third-order valence-corrected chi connectivity index (χ3v) is 3.34. The molecule has 0 radical (unpaired) electrons. The number of hydrogen-bond donors (Lipinski definition) is 2. The molecule has 0 amide bonds. The molecule has 0 spiro atoms. The first-order valence-corrected chi connectivity index (χ1v) is 6.10. The smallest absolute Gasteiger partial charge is 0.328 e. The SMILES string of the molecule is O=C(O)/C=C/CNCC1CCN(C2CC2)C1. The van der Waals surface area contributed by atoms with Gasteiger partial charge in [-0.05, 0) is 38.3 Å². The molecule has 0 bridgehead atoms. The molecule has 2 rings (SSSR count). The van der Waals surface area contributed by atoms with Gasteiger partial charge in [0.05, 0.1) is 0 Å². The fraction of sp³-hybridized carbons (Fsp3) is 0.750. The Morgan fingerprint density at radius 1 is 1.44 bits per heavy atom. The molecule has 0 aromatic heterocycles. The molecular formula is C12H20N2O2. The zero-order valence-corrected chi connectivity index (χ0v) is 9.56. The van der Waals surface area contributed by atoms with E-state index in [1.165, 1.54) is 38.4 Å². The first-order valence-electron chi connectivity index (χ1n) is 6.10. The van der Waals surface area contributed by atoms with Crippen LogP contribution in [0, 0.1) is 5.92 Å². The first kappa shape index (κ1) is 11.6. The van der Waals surface area contributed by atoms with Gasteiger partial charge in [0.25, 0.3) is 0 Å². The number of nitrogens with one attached hydrogen (secondary N) is 1. The van der Waals surface area contributed by atoms with Gasteiger partial charge in [-0.2, -0.15) is 0 Å². The number of nitrogens with zero attached hydrogens (tertiary/aromatic N) is 1. The number of carboxylic acids is 1. The van der Waals surface area contributed by atoms with Gasteiger partial charge >= 0.3 is 5.97 Å². The Morgan fingerprint density at radius 2 is 2.25 bits per heavy atom. The molecule has 0 aromatic carbocycles. The lowest BCUT2D eigenvalue weighted by molar-refractivity contribution is -0.131. The van der Waals surface area contributed by atoms with Crippen LogP contribution in [0.1, 0.15) is 19.3 Å². The van der Waals surface area contributed by atoms with Crippen LogP contribution in [0.25, 0.3) is 0 Å². The van der Waals surface area contributed by atoms with Gasteiger partial charge in [0, 0.05) is 25.2 Å². The van der Waals surface area contributed by atoms with Gasteiger partial charge in [-0.1, -0.05) is 6.08 Å². The van der Waals surface area contributed by atoms with Crippen LogP contribution in [0.15, 0.2) is 12.2 Å². The molecule has 0 aromatic rings. The van der Waals surface area contributed by atoms with E-state index in [4.69, 9.17) is 5.11 Å². The summed E-state index contributed by atoms with van der Waals surface area (Å²) in [5, 5.41) is 11.7. The second-order valence-electron chi connectivity index (χ2n) is 4.78. The topological polar surface area (TPSA) is 52.6 Å². The highest BCUT2D eigenvalue weighted by Gasteiger charge is 2.33. The predicted octanol–water partition coefficient (Wildman–Crippen LogP) is 0.701. The number of likely N-dealkylation sites (tertiary alicyclic amines) is 1. The van der Waals surface area contributed by atoms with Crippen LogP contribution < -0.4 is 5.32 Å². The van der Waals surface area contributed by atoms with E-state index in [1.807, 2.05) is 0 Å². The molecule has 1 atom stereocenters. The number of carbonyl (C=O) groups is 1. The minimum absolute atomic E-state index is 0.659. The van der Waals surface area contributed by atoms with Crippen LogP contribution in [-0.2, 0) is 4.79 Å². The lowest BCUT2D eigenvalue weighted by Gasteiger charge is -2.14. The highest BCUT2D eigenvalue weighted by molar-refractivity contribution is 5.79. The summed E-state index contributed by atoms with van der Waals surface area (Å²) in [5.74, 6) is -0.124. The van der Waals surface area contributed by atoms with Crippen molar-refractivity contribution in [2.45, 2.75) is 25.3 Å². The molecule has 1 aliphatic carbocycles. The summed E-state index contributed by atoms with van der Waals surface area (Å²) in [4.78, 5) is 12.8. The van der Waals surface area contributed by atoms with E-state index < -0.39 is 5.97 Å². The zero-order valence-electron chi connectivity index (χ0n) is 9.56. The molecule has 2 N–H and O–H groups in total. The van der Waals surface area contributed by atoms with E-state index in [-0.39, 0.29) is 0 Å². The quantitative estimate of drug-likeness (QED) is 0.515. The molecular weight excluding hydrogens is 204 g/mol. The Labute approximate surface area is 96.3 Å². The molecule has 1 saturated heterocycles. The van der Waals surface area contributed by atoms with E-state index in [0.29, 0.717) is 6.54 Å². The molecule has 2 aliphatic rings. The highest BCUT2D eigenvalue weighted by Crippen LogP contribution is 2.31. The molecule has 1 heterocycles. The first-order chi connectivity index (χ1) is 7.75. The van der Waals surface area contributed by atoms with Crippen molar-refractivity contribution in [2.75, 3.05) is 26.2 Å². The Balaban J connectivity index is 1.55. The number of hydrogen-bond acceptors (Lipinski definition) is 3. The highest BCUT2D eigenvalue weighted by atomic mass is 16.4. The number of rotatable bonds is 6. The van der Waals surface area contributed by atoms with Crippen molar-refractivity contribution < 1.29 is 9.90 Å². The van der Waals surface area contributed by atoms with Crippen LogP contribution in [0.5, 0.6) is 0 Å². The fourth-order valence-electron chi connectivity index (χ4n) is 2.33. The van der Waals surface area contributed by atoms with E-state index in [9.17, 15) is 4.79 Å². The van der Waals surface area contributed by atoms with Crippen LogP contribution >= 0.6 is 0 Å². The van der Waals surface area contributed by atoms with Crippen LogP contribution in [-0.4, -0.2) is 48.2 Å². The minimum Gasteiger partial charge on any atom is -0.478 e. The average molecular weight is 224 g/mol. The second kappa shape index (κ2) is 5.46. The fourth-order valence-corrected chi connectivity index (χ4v) is 2.33. The molecule has 4 heteroatoms. The monoisotopic (exact) mass is 224 g/mol. The van der Waals surface area contributed by atoms with Crippen molar-refractivity contribution >= 4 is 5.97 Å². The molecule has 16 heavy (non-hydrogen) atoms. The Kier molecular flexibility index (Phi) is 3.96. The van der Waals surface area contributed by atoms with Crippen molar-refractivity contribution in [3.05, 3.63) is 12.2 Å². The summed E-state index contributed by atoms with van der Waals surface area (Å²) in [6, 6.07) is 0.886. The van der Waals surface area contributed by atoms with E-state index in [0.717, 1.165) is 18.5 Å². The maximum Gasteiger partial charge on any atom is 0.328 e. The zero-order chi connectivity index (χ0) is 11.4. The van der Waals surface area contributed by atoms with E-state index >= 15 is 0 Å². The summed E-state index contributed by atoms with van der Waals surface area (Å²) in [7, 11) is 0. The Hall–Kier alpha value is -0.870. The summed E-state index contributed by atoms with van der Waals surface area (Å²) in [6.45, 7) is 4.14. The van der Waals surface area contributed by atoms with Crippen molar-refractivity contribution in [1.29, 1.82) is 0 Å². The number of carboxylic acid groups (broad SMARTS) is 1. The van der Waals surface area contributed by atoms with Crippen LogP contribution in [0.2, 0.25) is 0 Å². The largest absolute Gasteiger partial charge is 0.478 e. The lowest BCUT2D eigenvalue weighted by atomic mass is 10.1. The van der Waals surface area contributed by atoms with Gasteiger partial charge in [-0.15, -0.1) is 0 Å². The normalized spacial score (nSPS) is 26.6. The van der Waals surface area contributed by atoms with Crippen LogP contribution in [0.3, 0.4) is 0 Å². The second-order valence-corrected chi connectivity index (χ2v) is 4.78. The van der Waals surface area contributed by atoms with Crippen molar-refractivity contribution in [3.63, 3.8) is 0 Å². The molecule has 1 aliphatic heterocycles. The lowest BCUT2D eigenvalue weighted by Crippen LogP contribution is -2.27. The third kappa shape index (κ3) is 3.61. The molecule has 4 nitrogen and oxygen atoms in total. The van der Waals surface area contributed by atoms with E-state index in [2.05, 4.69) is 10.2 Å². The van der Waals surface area contributed by atoms with Gasteiger partial charge in [-0.25, -0.2) is 4.79 Å². The summed E-state index contributed by atoms with van der Waals surface area (Å²) >= 11 is 0. The van der Waals surface area contributed by atoms with Crippen LogP contribution in [0.4, 0.5) is 0 Å². The Morgan fingerprint density at radius 3 is 2.94 bits per heavy atom. The molecule has 1 unspecified atom stereocenters. The van der Waals surface area contributed by atoms with Gasteiger partial charge in [0.1, 0.15) is 0 Å². The average Bonchev–Trinajstić information content (AvgIpc) is 2.99. The van der Waals surface area contributed by atoms with Crippen molar-refractivity contribution in [1.82, 2.24) is 10.2 Å². The standard InChI is InChI=1S/C12H20N2O2/c15-12(16)2-1-6-13-8-10-5-7-14(9-10)11-3-4-11/h1-2,10-11,13H,3-9H2,(H,15,16)/b2-1+. The van der Waals surface area contributed by atoms with Crippen molar-refractivity contribution in [3.8, 4) is 0 Å². The minimum atomic E-state index is -0.873. The van der Waals surface area contributed by atoms with Gasteiger partial charge in [0.15, 0.2) is 0 Å². The molecule has 1 saturated carbocycles. The maximum absolute atomic E-state index is 10.2. The Bertz CT molecular complexity index is 274. The predicted molar refractivity (Wildman–Crippen MR) is 62.3 cm³/mol.